The van der Waals surface area contributed by atoms with Crippen LogP contribution in [0.4, 0.5) is 5.69 Å². The molecule has 130 valence electrons. The van der Waals surface area contributed by atoms with Crippen molar-refractivity contribution in [1.82, 2.24) is 4.98 Å². The first-order valence-corrected chi connectivity index (χ1v) is 9.09. The van der Waals surface area contributed by atoms with Gasteiger partial charge in [-0.15, -0.1) is 11.3 Å². The van der Waals surface area contributed by atoms with Crippen LogP contribution >= 0.6 is 22.9 Å². The van der Waals surface area contributed by atoms with E-state index in [4.69, 9.17) is 11.6 Å². The van der Waals surface area contributed by atoms with Crippen LogP contribution in [0.15, 0.2) is 48.8 Å². The monoisotopic (exact) mass is 384 g/mol. The van der Waals surface area contributed by atoms with E-state index in [9.17, 15) is 14.7 Å². The Bertz CT molecular complexity index is 1000. The van der Waals surface area contributed by atoms with Crippen molar-refractivity contribution in [2.75, 3.05) is 5.32 Å². The van der Waals surface area contributed by atoms with Gasteiger partial charge in [-0.3, -0.25) is 9.78 Å². The molecule has 1 amide bonds. The summed E-state index contributed by atoms with van der Waals surface area (Å²) >= 11 is 7.15. The summed E-state index contributed by atoms with van der Waals surface area (Å²) in [6.07, 6.45) is 3.65. The van der Waals surface area contributed by atoms with Crippen LogP contribution in [0.3, 0.4) is 0 Å². The predicted octanol–water partition coefficient (Wildman–Crippen LogP) is 4.64. The van der Waals surface area contributed by atoms with E-state index in [0.717, 1.165) is 10.4 Å². The molecule has 7 heteroatoms. The highest BCUT2D eigenvalue weighted by atomic mass is 35.5. The van der Waals surface area contributed by atoms with Gasteiger partial charge in [-0.1, -0.05) is 29.8 Å². The van der Waals surface area contributed by atoms with Crippen molar-refractivity contribution >= 4 is 40.5 Å². The summed E-state index contributed by atoms with van der Waals surface area (Å²) in [5.41, 5.74) is 2.69. The minimum atomic E-state index is -1.02. The minimum Gasteiger partial charge on any atom is -0.477 e. The number of hydrogen-bond donors (Lipinski definition) is 2. The zero-order valence-corrected chi connectivity index (χ0v) is 15.0. The maximum absolute atomic E-state index is 12.3. The molecule has 0 unspecified atom stereocenters. The standard InChI is InChI=1S/C19H13ClN2O3S/c20-12-5-3-10(4-6-12)15-16-17(26-18(15)19(24)25)13(8-14(23)22-16)11-2-1-7-21-9-11/h1-7,9,13H,8H2,(H,22,23)(H,24,25)/t13-/m0/s1. The van der Waals surface area contributed by atoms with Crippen molar-refractivity contribution in [3.63, 3.8) is 0 Å². The molecule has 0 bridgehead atoms. The molecule has 4 rings (SSSR count). The normalized spacial score (nSPS) is 16.0. The first-order chi connectivity index (χ1) is 12.5. The molecule has 1 atom stereocenters. The van der Waals surface area contributed by atoms with Gasteiger partial charge in [0, 0.05) is 40.2 Å². The minimum absolute atomic E-state index is 0.142. The molecule has 3 heterocycles. The molecule has 1 aliphatic rings. The van der Waals surface area contributed by atoms with Crippen LogP contribution in [0.1, 0.15) is 32.5 Å². The van der Waals surface area contributed by atoms with Gasteiger partial charge in [0.15, 0.2) is 0 Å². The van der Waals surface area contributed by atoms with Crippen LogP contribution < -0.4 is 5.32 Å². The molecule has 2 aromatic heterocycles. The smallest absolute Gasteiger partial charge is 0.346 e. The number of nitrogens with one attached hydrogen (secondary N) is 1. The van der Waals surface area contributed by atoms with E-state index in [1.165, 1.54) is 11.3 Å². The summed E-state index contributed by atoms with van der Waals surface area (Å²) < 4.78 is 0. The van der Waals surface area contributed by atoms with Crippen LogP contribution in [0.2, 0.25) is 5.02 Å². The Morgan fingerprint density at radius 2 is 2.04 bits per heavy atom. The summed E-state index contributed by atoms with van der Waals surface area (Å²) in [6, 6.07) is 10.6. The fourth-order valence-corrected chi connectivity index (χ4v) is 4.55. The number of carboxylic acids is 1. The van der Waals surface area contributed by atoms with Gasteiger partial charge in [0.1, 0.15) is 4.88 Å². The Balaban J connectivity index is 1.94. The Morgan fingerprint density at radius 1 is 1.27 bits per heavy atom. The maximum atomic E-state index is 12.3. The van der Waals surface area contributed by atoms with Gasteiger partial charge in [-0.2, -0.15) is 0 Å². The molecular weight excluding hydrogens is 372 g/mol. The number of aromatic carboxylic acids is 1. The van der Waals surface area contributed by atoms with Crippen LogP contribution in [0, 0.1) is 0 Å². The van der Waals surface area contributed by atoms with Crippen molar-refractivity contribution in [2.24, 2.45) is 0 Å². The Kier molecular flexibility index (Phi) is 4.22. The lowest BCUT2D eigenvalue weighted by Gasteiger charge is -2.23. The Morgan fingerprint density at radius 3 is 2.69 bits per heavy atom. The first-order valence-electron chi connectivity index (χ1n) is 7.90. The van der Waals surface area contributed by atoms with Crippen molar-refractivity contribution in [3.05, 3.63) is 69.1 Å². The number of anilines is 1. The van der Waals surface area contributed by atoms with Crippen molar-refractivity contribution < 1.29 is 14.7 Å². The number of pyridine rings is 1. The SMILES string of the molecule is O=C1C[C@@H](c2cccnc2)c2sc(C(=O)O)c(-c3ccc(Cl)cc3)c2N1. The summed E-state index contributed by atoms with van der Waals surface area (Å²) in [7, 11) is 0. The van der Waals surface area contributed by atoms with E-state index in [-0.39, 0.29) is 23.1 Å². The summed E-state index contributed by atoms with van der Waals surface area (Å²) in [6.45, 7) is 0. The molecule has 0 aliphatic carbocycles. The molecule has 0 spiro atoms. The third-order valence-electron chi connectivity index (χ3n) is 4.32. The van der Waals surface area contributed by atoms with Crippen molar-refractivity contribution in [1.29, 1.82) is 0 Å². The number of nitrogens with zero attached hydrogens (tertiary/aromatic N) is 1. The highest BCUT2D eigenvalue weighted by Gasteiger charge is 2.34. The second kappa shape index (κ2) is 6.55. The number of carbonyl (C=O) groups is 2. The Labute approximate surface area is 158 Å². The molecule has 1 aliphatic heterocycles. The number of thiophene rings is 1. The number of hydrogen-bond acceptors (Lipinski definition) is 4. The molecule has 26 heavy (non-hydrogen) atoms. The number of rotatable bonds is 3. The molecule has 3 aromatic rings. The third kappa shape index (κ3) is 2.87. The number of carboxylic acid groups (broad SMARTS) is 1. The predicted molar refractivity (Wildman–Crippen MR) is 101 cm³/mol. The number of amides is 1. The molecule has 5 nitrogen and oxygen atoms in total. The first kappa shape index (κ1) is 16.8. The van der Waals surface area contributed by atoms with Crippen LogP contribution in [-0.2, 0) is 4.79 Å². The van der Waals surface area contributed by atoms with Crippen LogP contribution in [0.5, 0.6) is 0 Å². The fourth-order valence-electron chi connectivity index (χ4n) is 3.18. The average molecular weight is 385 g/mol. The largest absolute Gasteiger partial charge is 0.477 e. The number of benzene rings is 1. The zero-order valence-electron chi connectivity index (χ0n) is 13.4. The lowest BCUT2D eigenvalue weighted by Crippen LogP contribution is -2.22. The van der Waals surface area contributed by atoms with Gasteiger partial charge in [0.05, 0.1) is 5.69 Å². The molecule has 0 fully saturated rings. The summed E-state index contributed by atoms with van der Waals surface area (Å²) in [5.74, 6) is -1.37. The zero-order chi connectivity index (χ0) is 18.3. The van der Waals surface area contributed by atoms with Gasteiger partial charge in [0.25, 0.3) is 0 Å². The van der Waals surface area contributed by atoms with E-state index in [0.29, 0.717) is 21.8 Å². The van der Waals surface area contributed by atoms with E-state index < -0.39 is 5.97 Å². The van der Waals surface area contributed by atoms with Crippen molar-refractivity contribution in [2.45, 2.75) is 12.3 Å². The topological polar surface area (TPSA) is 79.3 Å². The average Bonchev–Trinajstić information content (AvgIpc) is 3.02. The van der Waals surface area contributed by atoms with Crippen LogP contribution in [0.25, 0.3) is 11.1 Å². The van der Waals surface area contributed by atoms with Gasteiger partial charge in [0.2, 0.25) is 5.91 Å². The van der Waals surface area contributed by atoms with E-state index in [1.54, 1.807) is 36.7 Å². The second-order valence-corrected chi connectivity index (χ2v) is 7.44. The van der Waals surface area contributed by atoms with E-state index >= 15 is 0 Å². The van der Waals surface area contributed by atoms with Gasteiger partial charge in [-0.05, 0) is 29.3 Å². The van der Waals surface area contributed by atoms with Crippen molar-refractivity contribution in [3.8, 4) is 11.1 Å². The maximum Gasteiger partial charge on any atom is 0.346 e. The van der Waals surface area contributed by atoms with Gasteiger partial charge in [-0.25, -0.2) is 4.79 Å². The number of halogens is 1. The molecule has 0 radical (unpaired) electrons. The van der Waals surface area contributed by atoms with Crippen LogP contribution in [-0.4, -0.2) is 22.0 Å². The second-order valence-electron chi connectivity index (χ2n) is 5.95. The highest BCUT2D eigenvalue weighted by molar-refractivity contribution is 7.15. The third-order valence-corrected chi connectivity index (χ3v) is 5.86. The van der Waals surface area contributed by atoms with Gasteiger partial charge < -0.3 is 10.4 Å². The lowest BCUT2D eigenvalue weighted by molar-refractivity contribution is -0.116. The quantitative estimate of drug-likeness (QED) is 0.689. The molecular formula is C19H13ClN2O3S. The van der Waals surface area contributed by atoms with E-state index in [1.807, 2.05) is 12.1 Å². The number of fused-ring (bicyclic) bond motifs is 1. The lowest BCUT2D eigenvalue weighted by atomic mass is 9.89. The fraction of sp³-hybridized carbons (Fsp3) is 0.105. The molecule has 1 aromatic carbocycles. The van der Waals surface area contributed by atoms with Gasteiger partial charge >= 0.3 is 5.97 Å². The highest BCUT2D eigenvalue weighted by Crippen LogP contribution is 2.49. The molecule has 2 N–H and O–H groups in total. The number of carbonyl (C=O) groups excluding carboxylic acids is 1. The number of aromatic nitrogens is 1. The summed E-state index contributed by atoms with van der Waals surface area (Å²) in [5, 5.41) is 13.1. The van der Waals surface area contributed by atoms with E-state index in [2.05, 4.69) is 10.3 Å². The Hall–Kier alpha value is -2.70. The molecule has 0 saturated heterocycles. The molecule has 0 saturated carbocycles. The summed E-state index contributed by atoms with van der Waals surface area (Å²) in [4.78, 5) is 29.4.